The van der Waals surface area contributed by atoms with Gasteiger partial charge in [-0.3, -0.25) is 4.79 Å². The van der Waals surface area contributed by atoms with E-state index >= 15 is 0 Å². The van der Waals surface area contributed by atoms with E-state index in [2.05, 4.69) is 0 Å². The third-order valence-electron chi connectivity index (χ3n) is 5.20. The molecule has 1 saturated heterocycles. The molecule has 3 rings (SSSR count). The van der Waals surface area contributed by atoms with E-state index in [1.807, 2.05) is 5.32 Å². The molecular weight excluding hydrogens is 490 g/mol. The van der Waals surface area contributed by atoms with Crippen LogP contribution < -0.4 is 10.1 Å². The highest BCUT2D eigenvalue weighted by molar-refractivity contribution is 7.89. The van der Waals surface area contributed by atoms with E-state index in [-0.39, 0.29) is 35.4 Å². The lowest BCUT2D eigenvalue weighted by molar-refractivity contribution is -0.143. The summed E-state index contributed by atoms with van der Waals surface area (Å²) in [7, 11) is -2.83. The van der Waals surface area contributed by atoms with Crippen LogP contribution in [0.2, 0.25) is 0 Å². The van der Waals surface area contributed by atoms with Crippen LogP contribution in [0.5, 0.6) is 5.75 Å². The fourth-order valence-electron chi connectivity index (χ4n) is 3.49. The van der Waals surface area contributed by atoms with Gasteiger partial charge in [-0.15, -0.1) is 0 Å². The number of sulfonamides is 1. The first-order chi connectivity index (χ1) is 15.7. The second kappa shape index (κ2) is 9.45. The van der Waals surface area contributed by atoms with Crippen LogP contribution in [0.3, 0.4) is 0 Å². The number of hydrogen-bond donors (Lipinski definition) is 1. The quantitative estimate of drug-likeness (QED) is 0.564. The maximum Gasteiger partial charge on any atom is 0.416 e. The molecule has 1 fully saturated rings. The first-order valence-corrected chi connectivity index (χ1v) is 11.5. The smallest absolute Gasteiger partial charge is 0.416 e. The summed E-state index contributed by atoms with van der Waals surface area (Å²) in [4.78, 5) is 12.3. The Kier molecular flexibility index (Phi) is 7.18. The lowest BCUT2D eigenvalue weighted by Crippen LogP contribution is -2.35. The summed E-state index contributed by atoms with van der Waals surface area (Å²) in [6.07, 6.45) is -8.01. The maximum absolute atomic E-state index is 13.1. The number of hydrogen-bond acceptors (Lipinski definition) is 4. The van der Waals surface area contributed by atoms with Crippen LogP contribution in [-0.2, 0) is 22.4 Å². The zero-order chi connectivity index (χ0) is 25.3. The van der Waals surface area contributed by atoms with Crippen LogP contribution in [-0.4, -0.2) is 38.8 Å². The van der Waals surface area contributed by atoms with Gasteiger partial charge >= 0.3 is 12.4 Å². The average molecular weight is 510 g/mol. The molecule has 1 heterocycles. The minimum Gasteiger partial charge on any atom is -0.495 e. The molecule has 1 amide bonds. The summed E-state index contributed by atoms with van der Waals surface area (Å²) in [5.41, 5.74) is -4.23. The molecule has 1 N–H and O–H groups in total. The Bertz CT molecular complexity index is 1140. The molecule has 0 aliphatic carbocycles. The van der Waals surface area contributed by atoms with Gasteiger partial charge in [0.2, 0.25) is 10.0 Å². The van der Waals surface area contributed by atoms with Gasteiger partial charge in [0.1, 0.15) is 10.6 Å². The van der Waals surface area contributed by atoms with Gasteiger partial charge in [0, 0.05) is 24.3 Å². The third-order valence-corrected chi connectivity index (χ3v) is 7.12. The van der Waals surface area contributed by atoms with Gasteiger partial charge in [-0.25, -0.2) is 8.42 Å². The summed E-state index contributed by atoms with van der Waals surface area (Å²) in [5.74, 6) is -1.15. The SMILES string of the molecule is COc1ccc(C(=O)Nc2cc(C(F)(F)F)cc(C(F)(F)F)c2)cc1S(=O)(=O)N1CCCCC1. The highest BCUT2D eigenvalue weighted by atomic mass is 32.2. The number of rotatable bonds is 5. The van der Waals surface area contributed by atoms with Crippen molar-refractivity contribution in [3.8, 4) is 5.75 Å². The molecule has 1 aliphatic rings. The maximum atomic E-state index is 13.1. The van der Waals surface area contributed by atoms with Crippen molar-refractivity contribution in [3.05, 3.63) is 53.1 Å². The van der Waals surface area contributed by atoms with Crippen molar-refractivity contribution in [1.29, 1.82) is 0 Å². The highest BCUT2D eigenvalue weighted by Crippen LogP contribution is 2.38. The van der Waals surface area contributed by atoms with Crippen molar-refractivity contribution in [1.82, 2.24) is 4.31 Å². The minimum atomic E-state index is -5.09. The number of alkyl halides is 6. The van der Waals surface area contributed by atoms with Crippen molar-refractivity contribution in [3.63, 3.8) is 0 Å². The number of halogens is 6. The van der Waals surface area contributed by atoms with Crippen molar-refractivity contribution in [2.45, 2.75) is 36.5 Å². The predicted molar refractivity (Wildman–Crippen MR) is 110 cm³/mol. The molecule has 0 saturated carbocycles. The lowest BCUT2D eigenvalue weighted by Gasteiger charge is -2.26. The third kappa shape index (κ3) is 5.63. The first kappa shape index (κ1) is 25.8. The number of carbonyl (C=O) groups excluding carboxylic acids is 1. The fourth-order valence-corrected chi connectivity index (χ4v) is 5.19. The van der Waals surface area contributed by atoms with Crippen molar-refractivity contribution in [2.24, 2.45) is 0 Å². The van der Waals surface area contributed by atoms with Gasteiger partial charge in [-0.05, 0) is 49.2 Å². The highest BCUT2D eigenvalue weighted by Gasteiger charge is 2.37. The Hall–Kier alpha value is -2.80. The molecule has 1 aliphatic heterocycles. The Morgan fingerprint density at radius 3 is 1.97 bits per heavy atom. The van der Waals surface area contributed by atoms with Crippen molar-refractivity contribution >= 4 is 21.6 Å². The summed E-state index contributed by atoms with van der Waals surface area (Å²) < 4.78 is 111. The molecule has 2 aromatic rings. The van der Waals surface area contributed by atoms with E-state index in [1.165, 1.54) is 17.5 Å². The van der Waals surface area contributed by atoms with Crippen LogP contribution in [0.25, 0.3) is 0 Å². The number of nitrogens with zero attached hydrogens (tertiary/aromatic N) is 1. The molecule has 6 nitrogen and oxygen atoms in total. The molecule has 0 radical (unpaired) electrons. The Morgan fingerprint density at radius 2 is 1.47 bits per heavy atom. The lowest BCUT2D eigenvalue weighted by atomic mass is 10.1. The molecule has 0 aromatic heterocycles. The van der Waals surface area contributed by atoms with Crippen molar-refractivity contribution < 1.29 is 44.3 Å². The van der Waals surface area contributed by atoms with E-state index < -0.39 is 45.1 Å². The normalized spacial score (nSPS) is 15.7. The van der Waals surface area contributed by atoms with E-state index in [9.17, 15) is 39.6 Å². The van der Waals surface area contributed by atoms with Crippen molar-refractivity contribution in [2.75, 3.05) is 25.5 Å². The van der Waals surface area contributed by atoms with Gasteiger partial charge in [-0.2, -0.15) is 30.6 Å². The number of nitrogens with one attached hydrogen (secondary N) is 1. The molecular formula is C21H20F6N2O4S. The first-order valence-electron chi connectivity index (χ1n) is 10.0. The number of methoxy groups -OCH3 is 1. The number of carbonyl (C=O) groups is 1. The van der Waals surface area contributed by atoms with E-state index in [4.69, 9.17) is 4.74 Å². The Balaban J connectivity index is 1.98. The van der Waals surface area contributed by atoms with Crippen LogP contribution in [0, 0.1) is 0 Å². The Labute approximate surface area is 191 Å². The second-order valence-corrected chi connectivity index (χ2v) is 9.49. The number of benzene rings is 2. The molecule has 2 aromatic carbocycles. The van der Waals surface area contributed by atoms with Crippen LogP contribution in [0.15, 0.2) is 41.3 Å². The molecule has 0 spiro atoms. The zero-order valence-corrected chi connectivity index (χ0v) is 18.6. The number of anilines is 1. The van der Waals surface area contributed by atoms with Gasteiger partial charge < -0.3 is 10.1 Å². The molecule has 0 unspecified atom stereocenters. The number of ether oxygens (including phenoxy) is 1. The Morgan fingerprint density at radius 1 is 0.912 bits per heavy atom. The standard InChI is InChI=1S/C21H20F6N2O4S/c1-33-17-6-5-13(9-18(17)34(31,32)29-7-3-2-4-8-29)19(30)28-16-11-14(20(22,23)24)10-15(12-16)21(25,26)27/h5-6,9-12H,2-4,7-8H2,1H3,(H,28,30). The second-order valence-electron chi connectivity index (χ2n) is 7.58. The van der Waals surface area contributed by atoms with Gasteiger partial charge in [0.05, 0.1) is 18.2 Å². The molecule has 0 bridgehead atoms. The molecule has 186 valence electrons. The average Bonchev–Trinajstić information content (AvgIpc) is 2.77. The van der Waals surface area contributed by atoms with E-state index in [1.54, 1.807) is 0 Å². The summed E-state index contributed by atoms with van der Waals surface area (Å²) >= 11 is 0. The fraction of sp³-hybridized carbons (Fsp3) is 0.381. The van der Waals surface area contributed by atoms with E-state index in [0.29, 0.717) is 25.0 Å². The topological polar surface area (TPSA) is 75.7 Å². The summed E-state index contributed by atoms with van der Waals surface area (Å²) in [6.45, 7) is 0.540. The summed E-state index contributed by atoms with van der Waals surface area (Å²) in [5, 5.41) is 1.99. The van der Waals surface area contributed by atoms with Crippen LogP contribution in [0.4, 0.5) is 32.0 Å². The summed E-state index contributed by atoms with van der Waals surface area (Å²) in [6, 6.07) is 3.99. The zero-order valence-electron chi connectivity index (χ0n) is 17.8. The van der Waals surface area contributed by atoms with Gasteiger partial charge in [-0.1, -0.05) is 6.42 Å². The van der Waals surface area contributed by atoms with E-state index in [0.717, 1.165) is 18.6 Å². The molecule has 0 atom stereocenters. The monoisotopic (exact) mass is 510 g/mol. The van der Waals surface area contributed by atoms with Gasteiger partial charge in [0.25, 0.3) is 5.91 Å². The molecule has 13 heteroatoms. The largest absolute Gasteiger partial charge is 0.495 e. The molecule has 34 heavy (non-hydrogen) atoms. The van der Waals surface area contributed by atoms with Crippen LogP contribution in [0.1, 0.15) is 40.7 Å². The number of piperidine rings is 1. The number of amides is 1. The van der Waals surface area contributed by atoms with Crippen LogP contribution >= 0.6 is 0 Å². The predicted octanol–water partition coefficient (Wildman–Crippen LogP) is 5.16. The van der Waals surface area contributed by atoms with Gasteiger partial charge in [0.15, 0.2) is 0 Å². The minimum absolute atomic E-state index is 0.0550.